The molecular formula is C25H22ClN5O2S. The van der Waals surface area contributed by atoms with Crippen LogP contribution in [0, 0.1) is 6.92 Å². The van der Waals surface area contributed by atoms with Crippen molar-refractivity contribution in [3.8, 4) is 17.1 Å². The molecule has 0 spiro atoms. The molecule has 2 N–H and O–H groups in total. The molecule has 34 heavy (non-hydrogen) atoms. The highest BCUT2D eigenvalue weighted by molar-refractivity contribution is 7.99. The number of amides is 2. The van der Waals surface area contributed by atoms with E-state index in [1.54, 1.807) is 43.4 Å². The number of thioether (sulfide) groups is 1. The topological polar surface area (TPSA) is 88.9 Å². The van der Waals surface area contributed by atoms with Crippen molar-refractivity contribution >= 4 is 40.9 Å². The van der Waals surface area contributed by atoms with E-state index in [2.05, 4.69) is 20.8 Å². The summed E-state index contributed by atoms with van der Waals surface area (Å²) in [4.78, 5) is 24.5. The Balaban J connectivity index is 1.56. The first kappa shape index (κ1) is 23.5. The molecule has 4 aromatic rings. The molecule has 0 aliphatic carbocycles. The van der Waals surface area contributed by atoms with Crippen molar-refractivity contribution < 1.29 is 9.59 Å². The molecule has 2 amide bonds. The number of halogens is 1. The van der Waals surface area contributed by atoms with E-state index in [9.17, 15) is 9.59 Å². The lowest BCUT2D eigenvalue weighted by atomic mass is 10.1. The number of hydrogen-bond acceptors (Lipinski definition) is 5. The quantitative estimate of drug-likeness (QED) is 0.356. The normalized spacial score (nSPS) is 10.7. The van der Waals surface area contributed by atoms with Crippen molar-refractivity contribution in [2.75, 3.05) is 18.1 Å². The van der Waals surface area contributed by atoms with Gasteiger partial charge in [0.1, 0.15) is 0 Å². The summed E-state index contributed by atoms with van der Waals surface area (Å²) in [5.41, 5.74) is 3.92. The van der Waals surface area contributed by atoms with Crippen LogP contribution in [-0.2, 0) is 4.79 Å². The molecule has 0 aliphatic heterocycles. The largest absolute Gasteiger partial charge is 0.355 e. The van der Waals surface area contributed by atoms with Crippen molar-refractivity contribution in [2.45, 2.75) is 12.1 Å². The first-order valence-electron chi connectivity index (χ1n) is 10.5. The molecule has 0 aliphatic rings. The van der Waals surface area contributed by atoms with E-state index in [1.807, 2.05) is 47.9 Å². The number of anilines is 1. The summed E-state index contributed by atoms with van der Waals surface area (Å²) >= 11 is 7.36. The van der Waals surface area contributed by atoms with Gasteiger partial charge in [-0.15, -0.1) is 10.2 Å². The highest BCUT2D eigenvalue weighted by atomic mass is 35.5. The van der Waals surface area contributed by atoms with Gasteiger partial charge >= 0.3 is 0 Å². The van der Waals surface area contributed by atoms with E-state index in [0.29, 0.717) is 27.3 Å². The number of nitrogens with one attached hydrogen (secondary N) is 2. The SMILES string of the molecule is CNC(=O)c1cccc(NC(=O)CSc2nnc(-c3ccc(C)cc3)n2-c2ccc(Cl)cc2)c1. The molecular weight excluding hydrogens is 470 g/mol. The van der Waals surface area contributed by atoms with Gasteiger partial charge in [0.05, 0.1) is 5.75 Å². The Morgan fingerprint density at radius 3 is 2.44 bits per heavy atom. The molecule has 172 valence electrons. The maximum Gasteiger partial charge on any atom is 0.251 e. The molecule has 0 radical (unpaired) electrons. The van der Waals surface area contributed by atoms with Gasteiger partial charge in [-0.1, -0.05) is 59.3 Å². The predicted octanol–water partition coefficient (Wildman–Crippen LogP) is 4.99. The zero-order chi connectivity index (χ0) is 24.1. The molecule has 3 aromatic carbocycles. The molecule has 1 aromatic heterocycles. The molecule has 0 atom stereocenters. The van der Waals surface area contributed by atoms with Crippen LogP contribution in [0.25, 0.3) is 17.1 Å². The monoisotopic (exact) mass is 491 g/mol. The van der Waals surface area contributed by atoms with Crippen molar-refractivity contribution in [3.63, 3.8) is 0 Å². The lowest BCUT2D eigenvalue weighted by Crippen LogP contribution is -2.19. The third-order valence-corrected chi connectivity index (χ3v) is 6.18. The van der Waals surface area contributed by atoms with Gasteiger partial charge in [0, 0.05) is 34.6 Å². The Bertz CT molecular complexity index is 1320. The third-order valence-electron chi connectivity index (χ3n) is 5.00. The van der Waals surface area contributed by atoms with Crippen LogP contribution < -0.4 is 10.6 Å². The number of carbonyl (C=O) groups is 2. The minimum Gasteiger partial charge on any atom is -0.355 e. The summed E-state index contributed by atoms with van der Waals surface area (Å²) in [7, 11) is 1.56. The summed E-state index contributed by atoms with van der Waals surface area (Å²) in [6.45, 7) is 2.03. The van der Waals surface area contributed by atoms with Crippen LogP contribution in [0.3, 0.4) is 0 Å². The van der Waals surface area contributed by atoms with E-state index in [-0.39, 0.29) is 17.6 Å². The van der Waals surface area contributed by atoms with Gasteiger partial charge in [-0.05, 0) is 49.4 Å². The molecule has 0 saturated heterocycles. The van der Waals surface area contributed by atoms with E-state index in [0.717, 1.165) is 16.8 Å². The number of hydrogen-bond donors (Lipinski definition) is 2. The lowest BCUT2D eigenvalue weighted by molar-refractivity contribution is -0.113. The van der Waals surface area contributed by atoms with Crippen LogP contribution in [0.5, 0.6) is 0 Å². The standard InChI is InChI=1S/C25H22ClN5O2S/c1-16-6-8-17(9-7-16)23-29-30-25(31(23)21-12-10-19(26)11-13-21)34-15-22(32)28-20-5-3-4-18(14-20)24(33)27-2/h3-14H,15H2,1-2H3,(H,27,33)(H,28,32). The van der Waals surface area contributed by atoms with Crippen molar-refractivity contribution in [3.05, 3.63) is 88.9 Å². The van der Waals surface area contributed by atoms with Gasteiger partial charge < -0.3 is 10.6 Å². The van der Waals surface area contributed by atoms with E-state index in [4.69, 9.17) is 11.6 Å². The fourth-order valence-corrected chi connectivity index (χ4v) is 4.16. The number of carbonyl (C=O) groups excluding carboxylic acids is 2. The first-order chi connectivity index (χ1) is 16.4. The summed E-state index contributed by atoms with van der Waals surface area (Å²) in [5.74, 6) is 0.347. The fourth-order valence-electron chi connectivity index (χ4n) is 3.29. The van der Waals surface area contributed by atoms with Crippen LogP contribution in [0.2, 0.25) is 5.02 Å². The second-order valence-electron chi connectivity index (χ2n) is 7.48. The Hall–Kier alpha value is -3.62. The zero-order valence-corrected chi connectivity index (χ0v) is 20.2. The molecule has 4 rings (SSSR count). The second-order valence-corrected chi connectivity index (χ2v) is 8.86. The minimum absolute atomic E-state index is 0.115. The number of aryl methyl sites for hydroxylation is 1. The molecule has 9 heteroatoms. The Kier molecular flexibility index (Phi) is 7.30. The zero-order valence-electron chi connectivity index (χ0n) is 18.6. The first-order valence-corrected chi connectivity index (χ1v) is 11.8. The van der Waals surface area contributed by atoms with Crippen molar-refractivity contribution in [1.82, 2.24) is 20.1 Å². The predicted molar refractivity (Wildman–Crippen MR) is 136 cm³/mol. The maximum absolute atomic E-state index is 12.6. The minimum atomic E-state index is -0.221. The van der Waals surface area contributed by atoms with Crippen LogP contribution in [-0.4, -0.2) is 39.4 Å². The van der Waals surface area contributed by atoms with Crippen LogP contribution >= 0.6 is 23.4 Å². The smallest absolute Gasteiger partial charge is 0.251 e. The molecule has 0 saturated carbocycles. The fraction of sp³-hybridized carbons (Fsp3) is 0.120. The second kappa shape index (κ2) is 10.5. The Morgan fingerprint density at radius 2 is 1.74 bits per heavy atom. The van der Waals surface area contributed by atoms with Gasteiger partial charge in [-0.2, -0.15) is 0 Å². The molecule has 0 unspecified atom stereocenters. The van der Waals surface area contributed by atoms with Gasteiger partial charge in [0.2, 0.25) is 5.91 Å². The van der Waals surface area contributed by atoms with Gasteiger partial charge in [0.15, 0.2) is 11.0 Å². The number of benzene rings is 3. The summed E-state index contributed by atoms with van der Waals surface area (Å²) in [6.07, 6.45) is 0. The maximum atomic E-state index is 12.6. The summed E-state index contributed by atoms with van der Waals surface area (Å²) in [6, 6.07) is 22.2. The molecule has 1 heterocycles. The number of aromatic nitrogens is 3. The van der Waals surface area contributed by atoms with Crippen LogP contribution in [0.1, 0.15) is 15.9 Å². The molecule has 0 fully saturated rings. The molecule has 0 bridgehead atoms. The average Bonchev–Trinajstić information content (AvgIpc) is 3.27. The number of nitrogens with zero attached hydrogens (tertiary/aromatic N) is 3. The molecule has 7 nitrogen and oxygen atoms in total. The summed E-state index contributed by atoms with van der Waals surface area (Å²) in [5, 5.41) is 15.4. The number of rotatable bonds is 7. The van der Waals surface area contributed by atoms with Crippen LogP contribution in [0.15, 0.2) is 78.0 Å². The van der Waals surface area contributed by atoms with Crippen molar-refractivity contribution in [2.24, 2.45) is 0 Å². The summed E-state index contributed by atoms with van der Waals surface area (Å²) < 4.78 is 1.91. The Labute approximate surface area is 206 Å². The van der Waals surface area contributed by atoms with Gasteiger partial charge in [-0.25, -0.2) is 0 Å². The highest BCUT2D eigenvalue weighted by Crippen LogP contribution is 2.29. The van der Waals surface area contributed by atoms with E-state index in [1.165, 1.54) is 11.8 Å². The van der Waals surface area contributed by atoms with Gasteiger partial charge in [-0.3, -0.25) is 14.2 Å². The van der Waals surface area contributed by atoms with Crippen molar-refractivity contribution in [1.29, 1.82) is 0 Å². The van der Waals surface area contributed by atoms with Gasteiger partial charge in [0.25, 0.3) is 5.91 Å². The van der Waals surface area contributed by atoms with Crippen LogP contribution in [0.4, 0.5) is 5.69 Å². The lowest BCUT2D eigenvalue weighted by Gasteiger charge is -2.11. The third kappa shape index (κ3) is 5.47. The van der Waals surface area contributed by atoms with E-state index < -0.39 is 0 Å². The Morgan fingerprint density at radius 1 is 1.00 bits per heavy atom. The highest BCUT2D eigenvalue weighted by Gasteiger charge is 2.17. The average molecular weight is 492 g/mol. The van der Waals surface area contributed by atoms with E-state index >= 15 is 0 Å².